The van der Waals surface area contributed by atoms with Gasteiger partial charge >= 0.3 is 0 Å². The molecule has 5 nitrogen and oxygen atoms in total. The molecule has 0 heterocycles. The van der Waals surface area contributed by atoms with Crippen molar-refractivity contribution in [3.8, 4) is 0 Å². The first-order valence-electron chi connectivity index (χ1n) is 6.80. The van der Waals surface area contributed by atoms with Gasteiger partial charge in [0.15, 0.2) is 0 Å². The van der Waals surface area contributed by atoms with Crippen LogP contribution in [0.5, 0.6) is 0 Å². The van der Waals surface area contributed by atoms with Crippen molar-refractivity contribution < 1.29 is 13.2 Å². The Labute approximate surface area is 126 Å². The first kappa shape index (κ1) is 17.4. The molecule has 0 aromatic heterocycles. The summed E-state index contributed by atoms with van der Waals surface area (Å²) in [7, 11) is -3.39. The van der Waals surface area contributed by atoms with Gasteiger partial charge in [0.1, 0.15) is 0 Å². The molecule has 116 valence electrons. The molecule has 0 spiro atoms. The fourth-order valence-electron chi connectivity index (χ4n) is 1.87. The number of aryl methyl sites for hydroxylation is 1. The van der Waals surface area contributed by atoms with Gasteiger partial charge in [-0.1, -0.05) is 36.4 Å². The van der Waals surface area contributed by atoms with Crippen LogP contribution in [0.1, 0.15) is 12.0 Å². The molecule has 6 heteroatoms. The molecule has 0 fully saturated rings. The van der Waals surface area contributed by atoms with Gasteiger partial charge in [0.05, 0.1) is 12.8 Å². The summed E-state index contributed by atoms with van der Waals surface area (Å²) < 4.78 is 24.6. The molecule has 21 heavy (non-hydrogen) atoms. The van der Waals surface area contributed by atoms with Crippen molar-refractivity contribution in [2.45, 2.75) is 12.8 Å². The molecule has 1 N–H and O–H groups in total. The second kappa shape index (κ2) is 8.59. The smallest absolute Gasteiger partial charge is 0.235 e. The fourth-order valence-corrected chi connectivity index (χ4v) is 2.68. The first-order chi connectivity index (χ1) is 9.93. The van der Waals surface area contributed by atoms with Crippen LogP contribution >= 0.6 is 0 Å². The Morgan fingerprint density at radius 1 is 1.33 bits per heavy atom. The number of nitrogens with zero attached hydrogens (tertiary/aromatic N) is 1. The third-order valence-corrected chi connectivity index (χ3v) is 4.20. The molecule has 1 aromatic carbocycles. The number of rotatable bonds is 9. The minimum absolute atomic E-state index is 0.151. The van der Waals surface area contributed by atoms with E-state index in [1.165, 1.54) is 4.31 Å². The monoisotopic (exact) mass is 310 g/mol. The van der Waals surface area contributed by atoms with E-state index in [2.05, 4.69) is 11.9 Å². The van der Waals surface area contributed by atoms with E-state index < -0.39 is 10.0 Å². The minimum Gasteiger partial charge on any atom is -0.351 e. The zero-order chi connectivity index (χ0) is 15.7. The van der Waals surface area contributed by atoms with Crippen LogP contribution in [0, 0.1) is 0 Å². The Morgan fingerprint density at radius 3 is 2.57 bits per heavy atom. The average Bonchev–Trinajstić information content (AvgIpc) is 2.44. The predicted molar refractivity (Wildman–Crippen MR) is 84.4 cm³/mol. The van der Waals surface area contributed by atoms with Crippen LogP contribution in [0.2, 0.25) is 0 Å². The van der Waals surface area contributed by atoms with E-state index in [1.807, 2.05) is 30.3 Å². The summed E-state index contributed by atoms with van der Waals surface area (Å²) >= 11 is 0. The molecule has 0 aliphatic rings. The quantitative estimate of drug-likeness (QED) is 0.697. The number of nitrogens with one attached hydrogen (secondary N) is 1. The van der Waals surface area contributed by atoms with Crippen molar-refractivity contribution in [2.75, 3.05) is 25.9 Å². The molecule has 0 radical (unpaired) electrons. The summed E-state index contributed by atoms with van der Waals surface area (Å²) in [6.45, 7) is 4.01. The minimum atomic E-state index is -3.39. The second-order valence-corrected chi connectivity index (χ2v) is 6.76. The maximum absolute atomic E-state index is 11.7. The van der Waals surface area contributed by atoms with Crippen LogP contribution in [-0.4, -0.2) is 44.5 Å². The lowest BCUT2D eigenvalue weighted by Gasteiger charge is -2.19. The summed E-state index contributed by atoms with van der Waals surface area (Å²) in [5, 5.41) is 2.58. The fraction of sp³-hybridized carbons (Fsp3) is 0.400. The van der Waals surface area contributed by atoms with Gasteiger partial charge in [-0.05, 0) is 18.4 Å². The Bertz CT molecular complexity index is 556. The number of amides is 1. The van der Waals surface area contributed by atoms with Gasteiger partial charge < -0.3 is 5.32 Å². The molecule has 0 atom stereocenters. The number of benzene rings is 1. The third kappa shape index (κ3) is 7.06. The number of hydrogen-bond donors (Lipinski definition) is 1. The summed E-state index contributed by atoms with van der Waals surface area (Å²) in [4.78, 5) is 11.6. The zero-order valence-electron chi connectivity index (χ0n) is 12.3. The Balaban J connectivity index is 2.51. The average molecular weight is 310 g/mol. The summed E-state index contributed by atoms with van der Waals surface area (Å²) in [6, 6.07) is 9.85. The van der Waals surface area contributed by atoms with Crippen LogP contribution < -0.4 is 5.32 Å². The van der Waals surface area contributed by atoms with Crippen LogP contribution in [0.3, 0.4) is 0 Å². The van der Waals surface area contributed by atoms with E-state index >= 15 is 0 Å². The lowest BCUT2D eigenvalue weighted by molar-refractivity contribution is -0.121. The number of sulfonamides is 1. The molecule has 0 aliphatic heterocycles. The van der Waals surface area contributed by atoms with E-state index in [9.17, 15) is 13.2 Å². The molecule has 0 unspecified atom stereocenters. The van der Waals surface area contributed by atoms with Crippen molar-refractivity contribution in [1.29, 1.82) is 0 Å². The number of carbonyl (C=O) groups excluding carboxylic acids is 1. The molecule has 0 saturated heterocycles. The van der Waals surface area contributed by atoms with E-state index in [1.54, 1.807) is 6.08 Å². The highest BCUT2D eigenvalue weighted by Gasteiger charge is 2.19. The highest BCUT2D eigenvalue weighted by atomic mass is 32.2. The molecule has 0 saturated carbocycles. The van der Waals surface area contributed by atoms with Crippen molar-refractivity contribution >= 4 is 15.9 Å². The lowest BCUT2D eigenvalue weighted by Crippen LogP contribution is -2.40. The van der Waals surface area contributed by atoms with Gasteiger partial charge in [0.25, 0.3) is 0 Å². The van der Waals surface area contributed by atoms with Gasteiger partial charge in [0.2, 0.25) is 15.9 Å². The predicted octanol–water partition coefficient (Wildman–Crippen LogP) is 1.18. The molecular weight excluding hydrogens is 288 g/mol. The van der Waals surface area contributed by atoms with E-state index in [4.69, 9.17) is 0 Å². The van der Waals surface area contributed by atoms with Crippen molar-refractivity contribution in [2.24, 2.45) is 0 Å². The van der Waals surface area contributed by atoms with Gasteiger partial charge in [-0.15, -0.1) is 6.58 Å². The summed E-state index contributed by atoms with van der Waals surface area (Å²) in [6.07, 6.45) is 4.13. The highest BCUT2D eigenvalue weighted by Crippen LogP contribution is 2.05. The number of carbonyl (C=O) groups is 1. The van der Waals surface area contributed by atoms with Gasteiger partial charge in [-0.2, -0.15) is 4.31 Å². The van der Waals surface area contributed by atoms with Crippen LogP contribution in [0.25, 0.3) is 0 Å². The summed E-state index contributed by atoms with van der Waals surface area (Å²) in [5.74, 6) is -0.319. The molecule has 1 aromatic rings. The lowest BCUT2D eigenvalue weighted by atomic mass is 10.1. The van der Waals surface area contributed by atoms with Gasteiger partial charge in [-0.25, -0.2) is 8.42 Å². The van der Waals surface area contributed by atoms with E-state index in [0.717, 1.165) is 18.2 Å². The van der Waals surface area contributed by atoms with Crippen LogP contribution in [0.15, 0.2) is 43.0 Å². The summed E-state index contributed by atoms with van der Waals surface area (Å²) in [5.41, 5.74) is 1.15. The van der Waals surface area contributed by atoms with E-state index in [0.29, 0.717) is 19.5 Å². The maximum Gasteiger partial charge on any atom is 0.235 e. The van der Waals surface area contributed by atoms with Crippen LogP contribution in [-0.2, 0) is 21.2 Å². The van der Waals surface area contributed by atoms with Crippen molar-refractivity contribution in [3.63, 3.8) is 0 Å². The Kier molecular flexibility index (Phi) is 7.11. The standard InChI is InChI=1S/C15H22N2O3S/c1-3-11-16-15(18)13-17(21(2,19)20)12-7-10-14-8-5-4-6-9-14/h3-6,8-9H,1,7,10-13H2,2H3,(H,16,18). The maximum atomic E-state index is 11.7. The molecule has 0 aliphatic carbocycles. The Morgan fingerprint density at radius 2 is 2.00 bits per heavy atom. The van der Waals surface area contributed by atoms with Crippen LogP contribution in [0.4, 0.5) is 0 Å². The largest absolute Gasteiger partial charge is 0.351 e. The second-order valence-electron chi connectivity index (χ2n) is 4.78. The normalized spacial score (nSPS) is 11.3. The number of hydrogen-bond acceptors (Lipinski definition) is 3. The van der Waals surface area contributed by atoms with Crippen molar-refractivity contribution in [3.05, 3.63) is 48.6 Å². The van der Waals surface area contributed by atoms with Gasteiger partial charge in [0, 0.05) is 13.1 Å². The topological polar surface area (TPSA) is 66.5 Å². The molecule has 1 rings (SSSR count). The first-order valence-corrected chi connectivity index (χ1v) is 8.65. The third-order valence-electron chi connectivity index (χ3n) is 2.95. The zero-order valence-corrected chi connectivity index (χ0v) is 13.1. The van der Waals surface area contributed by atoms with Gasteiger partial charge in [-0.3, -0.25) is 4.79 Å². The van der Waals surface area contributed by atoms with Crippen molar-refractivity contribution in [1.82, 2.24) is 9.62 Å². The van der Waals surface area contributed by atoms with E-state index in [-0.39, 0.29) is 12.5 Å². The SMILES string of the molecule is C=CCNC(=O)CN(CCCc1ccccc1)S(C)(=O)=O. The highest BCUT2D eigenvalue weighted by molar-refractivity contribution is 7.88. The molecule has 0 bridgehead atoms. The molecule has 1 amide bonds. The molecular formula is C15H22N2O3S. The Hall–Kier alpha value is -1.66.